The number of aliphatic hydroxyl groups is 2. The van der Waals surface area contributed by atoms with Gasteiger partial charge in [0.25, 0.3) is 0 Å². The Bertz CT molecular complexity index is 230. The molecule has 0 rings (SSSR count). The fraction of sp³-hybridized carbons (Fsp3) is 0.692. The van der Waals surface area contributed by atoms with Gasteiger partial charge < -0.3 is 15.5 Å². The van der Waals surface area contributed by atoms with Gasteiger partial charge in [0.1, 0.15) is 0 Å². The zero-order valence-electron chi connectivity index (χ0n) is 10.7. The normalized spacial score (nSPS) is 15.2. The molecule has 0 spiro atoms. The van der Waals surface area contributed by atoms with E-state index in [4.69, 9.17) is 5.11 Å². The zero-order valence-corrected chi connectivity index (χ0v) is 10.7. The first-order chi connectivity index (χ1) is 7.56. The molecule has 0 aliphatic carbocycles. The largest absolute Gasteiger partial charge is 0.513 e. The van der Waals surface area contributed by atoms with Crippen LogP contribution in [0.25, 0.3) is 0 Å². The molecule has 0 aromatic rings. The standard InChI is InChI=1S/C13H25NO2/c1-4-5-8-14-10-13(16)9-11(2)6-7-12(3)15/h6-7,13-16H,4-5,8-10H2,1-3H3/b11-6+,12-7+. The molecule has 1 atom stereocenters. The molecule has 0 saturated heterocycles. The van der Waals surface area contributed by atoms with Crippen molar-refractivity contribution in [1.82, 2.24) is 5.32 Å². The average molecular weight is 227 g/mol. The van der Waals surface area contributed by atoms with E-state index in [1.165, 1.54) is 6.42 Å². The van der Waals surface area contributed by atoms with E-state index < -0.39 is 0 Å². The van der Waals surface area contributed by atoms with Crippen LogP contribution in [0.5, 0.6) is 0 Å². The summed E-state index contributed by atoms with van der Waals surface area (Å²) in [6.45, 7) is 7.33. The quantitative estimate of drug-likeness (QED) is 0.339. The van der Waals surface area contributed by atoms with E-state index in [-0.39, 0.29) is 11.9 Å². The monoisotopic (exact) mass is 227 g/mol. The Morgan fingerprint density at radius 2 is 2.00 bits per heavy atom. The minimum absolute atomic E-state index is 0.287. The van der Waals surface area contributed by atoms with E-state index in [9.17, 15) is 5.11 Å². The van der Waals surface area contributed by atoms with Gasteiger partial charge in [-0.1, -0.05) is 25.0 Å². The van der Waals surface area contributed by atoms with E-state index in [1.807, 2.05) is 13.0 Å². The number of unbranched alkanes of at least 4 members (excludes halogenated alkanes) is 1. The predicted molar refractivity (Wildman–Crippen MR) is 68.5 cm³/mol. The fourth-order valence-corrected chi connectivity index (χ4v) is 1.35. The molecule has 0 radical (unpaired) electrons. The molecule has 0 amide bonds. The molecule has 0 saturated carbocycles. The maximum Gasteiger partial charge on any atom is 0.0891 e. The van der Waals surface area contributed by atoms with Crippen molar-refractivity contribution in [2.24, 2.45) is 0 Å². The summed E-state index contributed by atoms with van der Waals surface area (Å²) < 4.78 is 0. The van der Waals surface area contributed by atoms with Crippen LogP contribution in [0.2, 0.25) is 0 Å². The first-order valence-electron chi connectivity index (χ1n) is 5.98. The summed E-state index contributed by atoms with van der Waals surface area (Å²) in [5.41, 5.74) is 1.07. The third-order valence-corrected chi connectivity index (χ3v) is 2.25. The van der Waals surface area contributed by atoms with E-state index in [2.05, 4.69) is 12.2 Å². The van der Waals surface area contributed by atoms with E-state index in [0.717, 1.165) is 18.5 Å². The molecule has 0 aromatic heterocycles. The Balaban J connectivity index is 3.73. The Kier molecular flexibility index (Phi) is 8.96. The second kappa shape index (κ2) is 9.43. The van der Waals surface area contributed by atoms with Gasteiger partial charge in [-0.15, -0.1) is 0 Å². The molecule has 0 heterocycles. The van der Waals surface area contributed by atoms with Crippen LogP contribution >= 0.6 is 0 Å². The molecule has 0 aliphatic rings. The van der Waals surface area contributed by atoms with Gasteiger partial charge in [0.05, 0.1) is 11.9 Å². The summed E-state index contributed by atoms with van der Waals surface area (Å²) in [4.78, 5) is 0. The highest BCUT2D eigenvalue weighted by atomic mass is 16.3. The Morgan fingerprint density at radius 1 is 1.31 bits per heavy atom. The number of nitrogens with one attached hydrogen (secondary N) is 1. The van der Waals surface area contributed by atoms with Crippen molar-refractivity contribution in [3.05, 3.63) is 23.5 Å². The first kappa shape index (κ1) is 15.2. The highest BCUT2D eigenvalue weighted by Gasteiger charge is 2.03. The Morgan fingerprint density at radius 3 is 2.56 bits per heavy atom. The Hall–Kier alpha value is -0.800. The molecular weight excluding hydrogens is 202 g/mol. The van der Waals surface area contributed by atoms with Gasteiger partial charge in [-0.3, -0.25) is 0 Å². The zero-order chi connectivity index (χ0) is 12.4. The highest BCUT2D eigenvalue weighted by molar-refractivity contribution is 5.12. The van der Waals surface area contributed by atoms with E-state index in [1.54, 1.807) is 13.0 Å². The second-order valence-corrected chi connectivity index (χ2v) is 4.24. The van der Waals surface area contributed by atoms with Crippen molar-refractivity contribution >= 4 is 0 Å². The number of hydrogen-bond donors (Lipinski definition) is 3. The molecule has 3 N–H and O–H groups in total. The van der Waals surface area contributed by atoms with Gasteiger partial charge >= 0.3 is 0 Å². The lowest BCUT2D eigenvalue weighted by atomic mass is 10.1. The maximum atomic E-state index is 9.70. The molecule has 1 unspecified atom stereocenters. The summed E-state index contributed by atoms with van der Waals surface area (Å²) in [5.74, 6) is 0.287. The van der Waals surface area contributed by atoms with Crippen molar-refractivity contribution in [3.8, 4) is 0 Å². The number of allylic oxidation sites excluding steroid dienone is 3. The van der Waals surface area contributed by atoms with Crippen molar-refractivity contribution < 1.29 is 10.2 Å². The van der Waals surface area contributed by atoms with Crippen LogP contribution in [0, 0.1) is 0 Å². The third kappa shape index (κ3) is 9.74. The maximum absolute atomic E-state index is 9.70. The van der Waals surface area contributed by atoms with Gasteiger partial charge in [0.2, 0.25) is 0 Å². The van der Waals surface area contributed by atoms with Gasteiger partial charge in [-0.05, 0) is 39.3 Å². The lowest BCUT2D eigenvalue weighted by molar-refractivity contribution is 0.172. The molecule has 3 heteroatoms. The molecule has 0 aliphatic heterocycles. The molecule has 94 valence electrons. The first-order valence-corrected chi connectivity index (χ1v) is 5.98. The fourth-order valence-electron chi connectivity index (χ4n) is 1.35. The molecule has 0 fully saturated rings. The van der Waals surface area contributed by atoms with Gasteiger partial charge in [0, 0.05) is 6.54 Å². The second-order valence-electron chi connectivity index (χ2n) is 4.24. The number of rotatable bonds is 8. The summed E-state index contributed by atoms with van der Waals surface area (Å²) in [6.07, 6.45) is 6.09. The van der Waals surface area contributed by atoms with Crippen molar-refractivity contribution in [2.45, 2.75) is 46.1 Å². The minimum atomic E-state index is -0.347. The van der Waals surface area contributed by atoms with Gasteiger partial charge in [-0.2, -0.15) is 0 Å². The van der Waals surface area contributed by atoms with Gasteiger partial charge in [0.15, 0.2) is 0 Å². The van der Waals surface area contributed by atoms with Crippen LogP contribution in [0.3, 0.4) is 0 Å². The van der Waals surface area contributed by atoms with Crippen molar-refractivity contribution in [3.63, 3.8) is 0 Å². The van der Waals surface area contributed by atoms with Crippen LogP contribution in [0.4, 0.5) is 0 Å². The number of aliphatic hydroxyl groups excluding tert-OH is 2. The smallest absolute Gasteiger partial charge is 0.0891 e. The SMILES string of the molecule is CCCCNCC(O)C/C(C)=C/C=C(\C)O. The predicted octanol–water partition coefficient (Wildman–Crippen LogP) is 2.54. The van der Waals surface area contributed by atoms with Gasteiger partial charge in [-0.25, -0.2) is 0 Å². The minimum Gasteiger partial charge on any atom is -0.513 e. The summed E-state index contributed by atoms with van der Waals surface area (Å²) >= 11 is 0. The van der Waals surface area contributed by atoms with Crippen LogP contribution < -0.4 is 5.32 Å². The average Bonchev–Trinajstić information content (AvgIpc) is 2.21. The van der Waals surface area contributed by atoms with Crippen molar-refractivity contribution in [1.29, 1.82) is 0 Å². The molecule has 3 nitrogen and oxygen atoms in total. The summed E-state index contributed by atoms with van der Waals surface area (Å²) in [7, 11) is 0. The van der Waals surface area contributed by atoms with Crippen LogP contribution in [0.15, 0.2) is 23.5 Å². The van der Waals surface area contributed by atoms with Crippen LogP contribution in [-0.2, 0) is 0 Å². The topological polar surface area (TPSA) is 52.5 Å². The third-order valence-electron chi connectivity index (χ3n) is 2.25. The van der Waals surface area contributed by atoms with Crippen LogP contribution in [0.1, 0.15) is 40.0 Å². The lowest BCUT2D eigenvalue weighted by Crippen LogP contribution is -2.27. The highest BCUT2D eigenvalue weighted by Crippen LogP contribution is 2.05. The van der Waals surface area contributed by atoms with E-state index in [0.29, 0.717) is 13.0 Å². The summed E-state index contributed by atoms with van der Waals surface area (Å²) in [6, 6.07) is 0. The van der Waals surface area contributed by atoms with E-state index >= 15 is 0 Å². The molecule has 0 bridgehead atoms. The lowest BCUT2D eigenvalue weighted by Gasteiger charge is -2.11. The number of hydrogen-bond acceptors (Lipinski definition) is 3. The Labute approximate surface area is 98.9 Å². The van der Waals surface area contributed by atoms with Crippen LogP contribution in [-0.4, -0.2) is 29.4 Å². The van der Waals surface area contributed by atoms with Crippen molar-refractivity contribution in [2.75, 3.05) is 13.1 Å². The summed E-state index contributed by atoms with van der Waals surface area (Å²) in [5, 5.41) is 21.9. The molecule has 0 aromatic carbocycles. The molecular formula is C13H25NO2. The molecule has 16 heavy (non-hydrogen) atoms.